The molecule has 15 heavy (non-hydrogen) atoms. The number of hydrogen-bond acceptors (Lipinski definition) is 4. The second-order valence-electron chi connectivity index (χ2n) is 2.52. The molecular weight excluding hydrogens is 348 g/mol. The number of aromatic nitrogens is 3. The number of hydrogen-bond donors (Lipinski definition) is 2. The molecule has 2 rings (SSSR count). The Morgan fingerprint density at radius 1 is 1.53 bits per heavy atom. The van der Waals surface area contributed by atoms with Crippen molar-refractivity contribution in [3.63, 3.8) is 0 Å². The number of carbonyl (C=O) groups is 1. The van der Waals surface area contributed by atoms with E-state index in [0.29, 0.717) is 10.8 Å². The van der Waals surface area contributed by atoms with Crippen molar-refractivity contribution in [1.82, 2.24) is 15.2 Å². The number of amides is 1. The van der Waals surface area contributed by atoms with Crippen LogP contribution in [0.4, 0.5) is 5.95 Å². The molecule has 1 amide bonds. The SMILES string of the molecule is O=C(Nc1ncn[nH]1)c1cc(Br)c(Br)s1. The quantitative estimate of drug-likeness (QED) is 0.873. The van der Waals surface area contributed by atoms with Crippen molar-refractivity contribution in [3.05, 3.63) is 25.5 Å². The van der Waals surface area contributed by atoms with Crippen molar-refractivity contribution in [2.24, 2.45) is 0 Å². The number of anilines is 1. The first-order valence-electron chi connectivity index (χ1n) is 3.78. The molecule has 0 fully saturated rings. The van der Waals surface area contributed by atoms with Gasteiger partial charge in [0, 0.05) is 4.47 Å². The summed E-state index contributed by atoms with van der Waals surface area (Å²) in [5.74, 6) is 0.115. The van der Waals surface area contributed by atoms with E-state index >= 15 is 0 Å². The molecule has 2 N–H and O–H groups in total. The largest absolute Gasteiger partial charge is 0.290 e. The summed E-state index contributed by atoms with van der Waals surface area (Å²) in [7, 11) is 0. The zero-order valence-corrected chi connectivity index (χ0v) is 11.1. The van der Waals surface area contributed by atoms with Gasteiger partial charge in [-0.3, -0.25) is 10.1 Å². The number of thiophene rings is 1. The predicted octanol–water partition coefficient (Wildman–Crippen LogP) is 2.64. The first-order chi connectivity index (χ1) is 7.16. The maximum atomic E-state index is 11.6. The Morgan fingerprint density at radius 2 is 2.33 bits per heavy atom. The number of halogens is 2. The highest BCUT2D eigenvalue weighted by atomic mass is 79.9. The molecule has 0 aliphatic rings. The van der Waals surface area contributed by atoms with Gasteiger partial charge < -0.3 is 0 Å². The van der Waals surface area contributed by atoms with E-state index in [1.54, 1.807) is 6.07 Å². The second-order valence-corrected chi connectivity index (χ2v) is 5.74. The minimum atomic E-state index is -0.219. The summed E-state index contributed by atoms with van der Waals surface area (Å²) < 4.78 is 1.74. The average Bonchev–Trinajstić information content (AvgIpc) is 2.78. The van der Waals surface area contributed by atoms with Crippen LogP contribution in [0.25, 0.3) is 0 Å². The van der Waals surface area contributed by atoms with Crippen molar-refractivity contribution in [3.8, 4) is 0 Å². The van der Waals surface area contributed by atoms with Gasteiger partial charge in [0.05, 0.1) is 8.66 Å². The minimum absolute atomic E-state index is 0.219. The summed E-state index contributed by atoms with van der Waals surface area (Å²) in [6, 6.07) is 1.74. The summed E-state index contributed by atoms with van der Waals surface area (Å²) >= 11 is 7.97. The molecule has 0 spiro atoms. The van der Waals surface area contributed by atoms with E-state index in [2.05, 4.69) is 52.4 Å². The van der Waals surface area contributed by atoms with Crippen molar-refractivity contribution in [2.75, 3.05) is 5.32 Å². The highest BCUT2D eigenvalue weighted by molar-refractivity contribution is 9.13. The molecule has 2 aromatic rings. The Balaban J connectivity index is 2.15. The molecule has 0 aromatic carbocycles. The van der Waals surface area contributed by atoms with Gasteiger partial charge in [-0.25, -0.2) is 5.10 Å². The van der Waals surface area contributed by atoms with Crippen LogP contribution in [0.15, 0.2) is 20.7 Å². The fraction of sp³-hybridized carbons (Fsp3) is 0. The number of nitrogens with zero attached hydrogens (tertiary/aromatic N) is 2. The van der Waals surface area contributed by atoms with Gasteiger partial charge in [0.25, 0.3) is 5.91 Å². The third kappa shape index (κ3) is 2.44. The molecule has 0 aliphatic carbocycles. The van der Waals surface area contributed by atoms with Crippen molar-refractivity contribution >= 4 is 55.1 Å². The van der Waals surface area contributed by atoms with E-state index in [1.165, 1.54) is 17.7 Å². The van der Waals surface area contributed by atoms with Gasteiger partial charge in [0.1, 0.15) is 6.33 Å². The minimum Gasteiger partial charge on any atom is -0.290 e. The van der Waals surface area contributed by atoms with Gasteiger partial charge in [-0.2, -0.15) is 10.1 Å². The predicted molar refractivity (Wildman–Crippen MR) is 64.1 cm³/mol. The highest BCUT2D eigenvalue weighted by Gasteiger charge is 2.12. The molecule has 2 aromatic heterocycles. The number of rotatable bonds is 2. The Bertz CT molecular complexity index is 462. The fourth-order valence-electron chi connectivity index (χ4n) is 0.893. The maximum absolute atomic E-state index is 11.6. The number of H-pyrrole nitrogens is 1. The second kappa shape index (κ2) is 4.42. The lowest BCUT2D eigenvalue weighted by Crippen LogP contribution is -2.11. The Kier molecular flexibility index (Phi) is 3.17. The van der Waals surface area contributed by atoms with E-state index in [4.69, 9.17) is 0 Å². The summed E-state index contributed by atoms with van der Waals surface area (Å²) in [6.07, 6.45) is 1.33. The van der Waals surface area contributed by atoms with Crippen LogP contribution in [0.5, 0.6) is 0 Å². The third-order valence-corrected chi connectivity index (χ3v) is 4.77. The van der Waals surface area contributed by atoms with Gasteiger partial charge in [0.2, 0.25) is 5.95 Å². The van der Waals surface area contributed by atoms with Gasteiger partial charge in [-0.15, -0.1) is 11.3 Å². The molecule has 0 radical (unpaired) electrons. The topological polar surface area (TPSA) is 70.7 Å². The molecule has 0 saturated carbocycles. The molecule has 2 heterocycles. The van der Waals surface area contributed by atoms with Crippen LogP contribution in [-0.4, -0.2) is 21.1 Å². The van der Waals surface area contributed by atoms with E-state index in [-0.39, 0.29) is 5.91 Å². The molecule has 0 unspecified atom stereocenters. The van der Waals surface area contributed by atoms with Gasteiger partial charge >= 0.3 is 0 Å². The molecule has 0 saturated heterocycles. The van der Waals surface area contributed by atoms with Gasteiger partial charge in [-0.1, -0.05) is 0 Å². The lowest BCUT2D eigenvalue weighted by Gasteiger charge is -1.96. The first kappa shape index (κ1) is 10.8. The number of nitrogens with one attached hydrogen (secondary N) is 2. The zero-order chi connectivity index (χ0) is 10.8. The first-order valence-corrected chi connectivity index (χ1v) is 6.18. The van der Waals surface area contributed by atoms with E-state index < -0.39 is 0 Å². The Hall–Kier alpha value is -0.730. The van der Waals surface area contributed by atoms with E-state index in [0.717, 1.165) is 8.26 Å². The van der Waals surface area contributed by atoms with E-state index in [9.17, 15) is 4.79 Å². The van der Waals surface area contributed by atoms with Crippen LogP contribution in [0.3, 0.4) is 0 Å². The van der Waals surface area contributed by atoms with Crippen LogP contribution in [-0.2, 0) is 0 Å². The molecule has 8 heteroatoms. The summed E-state index contributed by atoms with van der Waals surface area (Å²) in [5, 5.41) is 8.75. The fourth-order valence-corrected chi connectivity index (χ4v) is 2.82. The van der Waals surface area contributed by atoms with E-state index in [1.807, 2.05) is 0 Å². The standard InChI is InChI=1S/C7H4Br2N4OS/c8-3-1-4(15-5(3)9)6(14)12-7-10-2-11-13-7/h1-2H,(H2,10,11,12,13,14). The van der Waals surface area contributed by atoms with Crippen molar-refractivity contribution in [2.45, 2.75) is 0 Å². The zero-order valence-electron chi connectivity index (χ0n) is 7.12. The number of aromatic amines is 1. The van der Waals surface area contributed by atoms with Gasteiger partial charge in [0.15, 0.2) is 0 Å². The monoisotopic (exact) mass is 350 g/mol. The van der Waals surface area contributed by atoms with Crippen LogP contribution >= 0.6 is 43.2 Å². The Labute approximate surface area is 106 Å². The highest BCUT2D eigenvalue weighted by Crippen LogP contribution is 2.32. The van der Waals surface area contributed by atoms with Crippen LogP contribution in [0.2, 0.25) is 0 Å². The lowest BCUT2D eigenvalue weighted by atomic mass is 10.4. The van der Waals surface area contributed by atoms with Crippen molar-refractivity contribution < 1.29 is 4.79 Å². The molecule has 5 nitrogen and oxygen atoms in total. The molecule has 0 bridgehead atoms. The molecular formula is C7H4Br2N4OS. The summed E-state index contributed by atoms with van der Waals surface area (Å²) in [6.45, 7) is 0. The average molecular weight is 352 g/mol. The summed E-state index contributed by atoms with van der Waals surface area (Å²) in [4.78, 5) is 16.0. The normalized spacial score (nSPS) is 10.3. The van der Waals surface area contributed by atoms with Crippen LogP contribution in [0.1, 0.15) is 9.67 Å². The van der Waals surface area contributed by atoms with Gasteiger partial charge in [-0.05, 0) is 37.9 Å². The smallest absolute Gasteiger partial charge is 0.268 e. The summed E-state index contributed by atoms with van der Waals surface area (Å²) in [5.41, 5.74) is 0. The molecule has 0 aliphatic heterocycles. The maximum Gasteiger partial charge on any atom is 0.268 e. The molecule has 0 atom stereocenters. The van der Waals surface area contributed by atoms with Crippen LogP contribution < -0.4 is 5.32 Å². The molecule has 78 valence electrons. The Morgan fingerprint density at radius 3 is 2.87 bits per heavy atom. The third-order valence-electron chi connectivity index (χ3n) is 1.52. The lowest BCUT2D eigenvalue weighted by molar-refractivity contribution is 0.102. The number of carbonyl (C=O) groups excluding carboxylic acids is 1. The van der Waals surface area contributed by atoms with Crippen molar-refractivity contribution in [1.29, 1.82) is 0 Å². The van der Waals surface area contributed by atoms with Crippen LogP contribution in [0, 0.1) is 0 Å².